The van der Waals surface area contributed by atoms with Crippen molar-refractivity contribution in [3.63, 3.8) is 0 Å². The lowest BCUT2D eigenvalue weighted by Crippen LogP contribution is -1.77. The minimum Gasteiger partial charge on any atom is -0.0876 e. The van der Waals surface area contributed by atoms with Crippen LogP contribution in [0.25, 0.3) is 0 Å². The molecule has 2 aromatic rings. The Morgan fingerprint density at radius 1 is 0.947 bits per heavy atom. The summed E-state index contributed by atoms with van der Waals surface area (Å²) < 4.78 is 2.25. The molecule has 102 valence electrons. The molecule has 0 fully saturated rings. The molecule has 0 nitrogen and oxygen atoms in total. The van der Waals surface area contributed by atoms with Crippen molar-refractivity contribution >= 4 is 59.4 Å². The van der Waals surface area contributed by atoms with E-state index in [2.05, 4.69) is 79.8 Å². The van der Waals surface area contributed by atoms with E-state index >= 15 is 0 Å². The summed E-state index contributed by atoms with van der Waals surface area (Å²) in [6.07, 6.45) is 0. The minimum atomic E-state index is 0.761. The standard InChI is InChI=1S/C8H9Br.C7H5Br2Cl/c1-6-3-4-7(2)8(9)5-6;8-4-5-1-2-6(10)3-7(5)9/h3-5H,1-2H3;1-3H,4H2. The molecule has 0 radical (unpaired) electrons. The minimum absolute atomic E-state index is 0.761. The highest BCUT2D eigenvalue weighted by atomic mass is 79.9. The van der Waals surface area contributed by atoms with Gasteiger partial charge in [0.25, 0.3) is 0 Å². The number of halogens is 4. The van der Waals surface area contributed by atoms with E-state index in [1.807, 2.05) is 18.2 Å². The van der Waals surface area contributed by atoms with Crippen LogP contribution >= 0.6 is 59.4 Å². The Hall–Kier alpha value is 0.170. The van der Waals surface area contributed by atoms with Crippen molar-refractivity contribution in [2.45, 2.75) is 19.2 Å². The summed E-state index contributed by atoms with van der Waals surface area (Å²) in [5.41, 5.74) is 3.80. The molecule has 0 bridgehead atoms. The third kappa shape index (κ3) is 5.99. The molecule has 0 aliphatic carbocycles. The summed E-state index contributed by atoms with van der Waals surface area (Å²) in [4.78, 5) is 0. The van der Waals surface area contributed by atoms with Gasteiger partial charge in [0.2, 0.25) is 0 Å². The number of alkyl halides is 1. The van der Waals surface area contributed by atoms with Crippen molar-refractivity contribution in [1.29, 1.82) is 0 Å². The molecule has 0 unspecified atom stereocenters. The molecule has 4 heteroatoms. The van der Waals surface area contributed by atoms with E-state index in [1.54, 1.807) is 0 Å². The molecule has 0 heterocycles. The Kier molecular flexibility index (Phi) is 7.66. The number of benzene rings is 2. The maximum Gasteiger partial charge on any atom is 0.0417 e. The summed E-state index contributed by atoms with van der Waals surface area (Å²) in [6, 6.07) is 12.1. The molecule has 0 atom stereocenters. The molecule has 0 aromatic heterocycles. The third-order valence-electron chi connectivity index (χ3n) is 2.49. The molecule has 0 N–H and O–H groups in total. The van der Waals surface area contributed by atoms with Crippen molar-refractivity contribution in [3.05, 3.63) is 67.1 Å². The van der Waals surface area contributed by atoms with Crippen LogP contribution in [0.3, 0.4) is 0 Å². The SMILES string of the molecule is Cc1ccc(C)c(Br)c1.Clc1ccc(CBr)c(Br)c1. The molecule has 0 amide bonds. The second kappa shape index (κ2) is 8.46. The Balaban J connectivity index is 0.000000191. The average molecular weight is 469 g/mol. The highest BCUT2D eigenvalue weighted by Gasteiger charge is 1.97. The molecular formula is C15H14Br3Cl. The van der Waals surface area contributed by atoms with Gasteiger partial charge in [0.1, 0.15) is 0 Å². The molecule has 2 aromatic carbocycles. The molecule has 0 saturated heterocycles. The van der Waals surface area contributed by atoms with Crippen LogP contribution in [0.1, 0.15) is 16.7 Å². The quantitative estimate of drug-likeness (QED) is 0.392. The van der Waals surface area contributed by atoms with Gasteiger partial charge in [-0.3, -0.25) is 0 Å². The van der Waals surface area contributed by atoms with Crippen LogP contribution in [-0.2, 0) is 5.33 Å². The summed E-state index contributed by atoms with van der Waals surface area (Å²) in [6.45, 7) is 4.17. The molecule has 0 saturated carbocycles. The van der Waals surface area contributed by atoms with Crippen LogP contribution in [0.4, 0.5) is 0 Å². The van der Waals surface area contributed by atoms with E-state index < -0.39 is 0 Å². The Labute approximate surface area is 144 Å². The first-order valence-corrected chi connectivity index (χ1v) is 8.75. The van der Waals surface area contributed by atoms with Gasteiger partial charge in [-0.05, 0) is 48.7 Å². The van der Waals surface area contributed by atoms with Crippen molar-refractivity contribution < 1.29 is 0 Å². The molecule has 0 aliphatic rings. The zero-order valence-corrected chi connectivity index (χ0v) is 16.2. The van der Waals surface area contributed by atoms with Crippen LogP contribution < -0.4 is 0 Å². The average Bonchev–Trinajstić information content (AvgIpc) is 2.35. The zero-order valence-electron chi connectivity index (χ0n) is 10.7. The van der Waals surface area contributed by atoms with Gasteiger partial charge >= 0.3 is 0 Å². The number of aryl methyl sites for hydroxylation is 2. The topological polar surface area (TPSA) is 0 Å². The molecule has 19 heavy (non-hydrogen) atoms. The summed E-state index contributed by atoms with van der Waals surface area (Å²) in [5, 5.41) is 1.61. The summed E-state index contributed by atoms with van der Waals surface area (Å²) in [5.74, 6) is 0. The Bertz CT molecular complexity index is 553. The molecule has 0 spiro atoms. The largest absolute Gasteiger partial charge is 0.0876 e. The van der Waals surface area contributed by atoms with E-state index in [-0.39, 0.29) is 0 Å². The Morgan fingerprint density at radius 3 is 2.11 bits per heavy atom. The van der Waals surface area contributed by atoms with E-state index in [9.17, 15) is 0 Å². The van der Waals surface area contributed by atoms with Crippen molar-refractivity contribution in [1.82, 2.24) is 0 Å². The third-order valence-corrected chi connectivity index (χ3v) is 4.92. The van der Waals surface area contributed by atoms with E-state index in [4.69, 9.17) is 11.6 Å². The van der Waals surface area contributed by atoms with Gasteiger partial charge in [0, 0.05) is 19.3 Å². The summed E-state index contributed by atoms with van der Waals surface area (Å²) in [7, 11) is 0. The van der Waals surface area contributed by atoms with Gasteiger partial charge in [-0.2, -0.15) is 0 Å². The van der Waals surface area contributed by atoms with E-state index in [0.717, 1.165) is 14.8 Å². The van der Waals surface area contributed by atoms with Crippen LogP contribution in [0.2, 0.25) is 5.02 Å². The lowest BCUT2D eigenvalue weighted by atomic mass is 10.2. The second-order valence-electron chi connectivity index (χ2n) is 4.12. The van der Waals surface area contributed by atoms with Crippen LogP contribution in [0, 0.1) is 13.8 Å². The maximum atomic E-state index is 5.73. The smallest absolute Gasteiger partial charge is 0.0417 e. The fraction of sp³-hybridized carbons (Fsp3) is 0.200. The lowest BCUT2D eigenvalue weighted by molar-refractivity contribution is 1.37. The summed E-state index contributed by atoms with van der Waals surface area (Å²) >= 11 is 15.9. The van der Waals surface area contributed by atoms with Gasteiger partial charge in [0.05, 0.1) is 0 Å². The number of hydrogen-bond donors (Lipinski definition) is 0. The highest BCUT2D eigenvalue weighted by molar-refractivity contribution is 9.11. The van der Waals surface area contributed by atoms with Crippen LogP contribution in [-0.4, -0.2) is 0 Å². The number of rotatable bonds is 1. The fourth-order valence-electron chi connectivity index (χ4n) is 1.33. The maximum absolute atomic E-state index is 5.73. The van der Waals surface area contributed by atoms with Gasteiger partial charge in [-0.15, -0.1) is 0 Å². The zero-order chi connectivity index (χ0) is 14.4. The lowest BCUT2D eigenvalue weighted by Gasteiger charge is -1.98. The van der Waals surface area contributed by atoms with Gasteiger partial charge in [-0.1, -0.05) is 77.6 Å². The van der Waals surface area contributed by atoms with Gasteiger partial charge < -0.3 is 0 Å². The van der Waals surface area contributed by atoms with Crippen molar-refractivity contribution in [2.24, 2.45) is 0 Å². The van der Waals surface area contributed by atoms with Gasteiger partial charge in [-0.25, -0.2) is 0 Å². The van der Waals surface area contributed by atoms with Crippen molar-refractivity contribution in [2.75, 3.05) is 0 Å². The predicted octanol–water partition coefficient (Wildman–Crippen LogP) is 7.06. The second-order valence-corrected chi connectivity index (χ2v) is 6.83. The fourth-order valence-corrected chi connectivity index (χ4v) is 3.51. The highest BCUT2D eigenvalue weighted by Crippen LogP contribution is 2.23. The van der Waals surface area contributed by atoms with E-state index in [1.165, 1.54) is 21.2 Å². The predicted molar refractivity (Wildman–Crippen MR) is 95.4 cm³/mol. The molecular weight excluding hydrogens is 455 g/mol. The first-order chi connectivity index (χ1) is 8.93. The van der Waals surface area contributed by atoms with Crippen molar-refractivity contribution in [3.8, 4) is 0 Å². The molecule has 2 rings (SSSR count). The van der Waals surface area contributed by atoms with E-state index in [0.29, 0.717) is 0 Å². The van der Waals surface area contributed by atoms with Crippen LogP contribution in [0.5, 0.6) is 0 Å². The molecule has 0 aliphatic heterocycles. The van der Waals surface area contributed by atoms with Gasteiger partial charge in [0.15, 0.2) is 0 Å². The normalized spacial score (nSPS) is 9.79. The van der Waals surface area contributed by atoms with Crippen LogP contribution in [0.15, 0.2) is 45.3 Å². The first kappa shape index (κ1) is 17.2. The monoisotopic (exact) mass is 466 g/mol. The number of hydrogen-bond acceptors (Lipinski definition) is 0. The Morgan fingerprint density at radius 2 is 1.63 bits per heavy atom. The first-order valence-electron chi connectivity index (χ1n) is 5.66.